The molecule has 4 rings (SSSR count). The van der Waals surface area contributed by atoms with E-state index in [2.05, 4.69) is 15.2 Å². The molecule has 0 spiro atoms. The molecule has 1 aromatic carbocycles. The van der Waals surface area contributed by atoms with Crippen LogP contribution in [0.1, 0.15) is 5.76 Å². The van der Waals surface area contributed by atoms with Crippen LogP contribution in [0, 0.1) is 5.92 Å². The molecule has 3 aromatic rings. The molecule has 124 valence electrons. The number of carbonyl (C=O) groups excluding carboxylic acids is 1. The average Bonchev–Trinajstić information content (AvgIpc) is 3.20. The van der Waals surface area contributed by atoms with E-state index in [0.717, 1.165) is 26.9 Å². The molecule has 1 aliphatic heterocycles. The van der Waals surface area contributed by atoms with Crippen molar-refractivity contribution >= 4 is 32.6 Å². The van der Waals surface area contributed by atoms with Gasteiger partial charge >= 0.3 is 0 Å². The lowest BCUT2D eigenvalue weighted by Crippen LogP contribution is -2.53. The number of anilines is 1. The van der Waals surface area contributed by atoms with E-state index in [9.17, 15) is 4.79 Å². The van der Waals surface area contributed by atoms with Gasteiger partial charge in [-0.05, 0) is 24.3 Å². The van der Waals surface area contributed by atoms with Crippen LogP contribution < -0.4 is 15.0 Å². The minimum atomic E-state index is -0.00568. The largest absolute Gasteiger partial charge is 0.494 e. The zero-order valence-corrected chi connectivity index (χ0v) is 14.0. The lowest BCUT2D eigenvalue weighted by molar-refractivity contribution is -0.125. The van der Waals surface area contributed by atoms with Crippen molar-refractivity contribution in [2.45, 2.75) is 6.54 Å². The standard InChI is InChI=1S/C17H17N3O3S/c1-22-13-5-2-6-14-15(13)19-17(24-14)20-9-11(10-20)16(21)18-8-12-4-3-7-23-12/h2-7,11H,8-10H2,1H3,(H,18,21). The average molecular weight is 343 g/mol. The predicted molar refractivity (Wildman–Crippen MR) is 92.4 cm³/mol. The van der Waals surface area contributed by atoms with E-state index in [1.165, 1.54) is 0 Å². The van der Waals surface area contributed by atoms with Crippen molar-refractivity contribution in [3.63, 3.8) is 0 Å². The van der Waals surface area contributed by atoms with E-state index >= 15 is 0 Å². The van der Waals surface area contributed by atoms with Crippen molar-refractivity contribution in [2.24, 2.45) is 5.92 Å². The van der Waals surface area contributed by atoms with Gasteiger partial charge in [-0.25, -0.2) is 4.98 Å². The van der Waals surface area contributed by atoms with Crippen LogP contribution in [0.3, 0.4) is 0 Å². The fourth-order valence-electron chi connectivity index (χ4n) is 2.74. The number of carbonyl (C=O) groups is 1. The summed E-state index contributed by atoms with van der Waals surface area (Å²) in [7, 11) is 1.65. The molecular formula is C17H17N3O3S. The highest BCUT2D eigenvalue weighted by Crippen LogP contribution is 2.36. The maximum atomic E-state index is 12.2. The van der Waals surface area contributed by atoms with Crippen LogP contribution in [0.5, 0.6) is 5.75 Å². The van der Waals surface area contributed by atoms with E-state index in [-0.39, 0.29) is 11.8 Å². The van der Waals surface area contributed by atoms with Gasteiger partial charge in [0.25, 0.3) is 0 Å². The number of rotatable bonds is 5. The summed E-state index contributed by atoms with van der Waals surface area (Å²) in [5, 5.41) is 3.84. The monoisotopic (exact) mass is 343 g/mol. The minimum absolute atomic E-state index is 0.00568. The molecule has 0 atom stereocenters. The molecule has 1 saturated heterocycles. The van der Waals surface area contributed by atoms with Gasteiger partial charge in [0.15, 0.2) is 5.13 Å². The SMILES string of the molecule is COc1cccc2sc(N3CC(C(=O)NCc4ccco4)C3)nc12. The Kier molecular flexibility index (Phi) is 3.86. The van der Waals surface area contributed by atoms with Crippen LogP contribution in [0.15, 0.2) is 41.0 Å². The second-order valence-corrected chi connectivity index (χ2v) is 6.71. The summed E-state index contributed by atoms with van der Waals surface area (Å²) >= 11 is 1.62. The number of benzene rings is 1. The fraction of sp³-hybridized carbons (Fsp3) is 0.294. The molecule has 0 unspecified atom stereocenters. The molecule has 0 aliphatic carbocycles. The topological polar surface area (TPSA) is 67.6 Å². The molecule has 2 aromatic heterocycles. The van der Waals surface area contributed by atoms with Crippen molar-refractivity contribution in [1.82, 2.24) is 10.3 Å². The molecule has 0 bridgehead atoms. The Balaban J connectivity index is 1.37. The van der Waals surface area contributed by atoms with Gasteiger partial charge in [-0.15, -0.1) is 0 Å². The van der Waals surface area contributed by atoms with Crippen molar-refractivity contribution in [2.75, 3.05) is 25.1 Å². The summed E-state index contributed by atoms with van der Waals surface area (Å²) in [6.45, 7) is 1.80. The van der Waals surface area contributed by atoms with E-state index < -0.39 is 0 Å². The number of furan rings is 1. The number of thiazole rings is 1. The summed E-state index contributed by atoms with van der Waals surface area (Å²) in [4.78, 5) is 18.9. The number of nitrogens with zero attached hydrogens (tertiary/aromatic N) is 2. The molecule has 7 heteroatoms. The Morgan fingerprint density at radius 2 is 2.29 bits per heavy atom. The second-order valence-electron chi connectivity index (χ2n) is 5.70. The lowest BCUT2D eigenvalue weighted by atomic mass is 10.0. The van der Waals surface area contributed by atoms with Crippen LogP contribution in [-0.2, 0) is 11.3 Å². The first-order valence-corrected chi connectivity index (χ1v) is 8.55. The Morgan fingerprint density at radius 1 is 1.42 bits per heavy atom. The van der Waals surface area contributed by atoms with Crippen LogP contribution in [-0.4, -0.2) is 31.1 Å². The third kappa shape index (κ3) is 2.71. The Labute approximate surface area is 143 Å². The first-order valence-electron chi connectivity index (χ1n) is 7.73. The smallest absolute Gasteiger partial charge is 0.227 e. The fourth-order valence-corrected chi connectivity index (χ4v) is 3.75. The zero-order chi connectivity index (χ0) is 16.5. The summed E-state index contributed by atoms with van der Waals surface area (Å²) in [6, 6.07) is 9.57. The van der Waals surface area contributed by atoms with E-state index in [4.69, 9.17) is 9.15 Å². The van der Waals surface area contributed by atoms with Crippen LogP contribution in [0.4, 0.5) is 5.13 Å². The van der Waals surface area contributed by atoms with Gasteiger partial charge in [-0.2, -0.15) is 0 Å². The van der Waals surface area contributed by atoms with Gasteiger partial charge in [0.2, 0.25) is 5.91 Å². The number of hydrogen-bond acceptors (Lipinski definition) is 6. The quantitative estimate of drug-likeness (QED) is 0.771. The van der Waals surface area contributed by atoms with Crippen LogP contribution in [0.25, 0.3) is 10.2 Å². The number of nitrogens with one attached hydrogen (secondary N) is 1. The maximum Gasteiger partial charge on any atom is 0.227 e. The molecule has 1 aliphatic rings. The minimum Gasteiger partial charge on any atom is -0.494 e. The van der Waals surface area contributed by atoms with Gasteiger partial charge in [0, 0.05) is 13.1 Å². The summed E-state index contributed by atoms with van der Waals surface area (Å²) in [5.41, 5.74) is 0.880. The van der Waals surface area contributed by atoms with Gasteiger partial charge in [0.1, 0.15) is 17.0 Å². The number of amides is 1. The molecule has 3 heterocycles. The van der Waals surface area contributed by atoms with Crippen molar-refractivity contribution in [1.29, 1.82) is 0 Å². The molecule has 0 radical (unpaired) electrons. The summed E-state index contributed by atoms with van der Waals surface area (Å²) in [5.74, 6) is 1.59. The van der Waals surface area contributed by atoms with Gasteiger partial charge in [0.05, 0.1) is 30.5 Å². The number of fused-ring (bicyclic) bond motifs is 1. The third-order valence-corrected chi connectivity index (χ3v) is 5.21. The molecule has 24 heavy (non-hydrogen) atoms. The first-order chi connectivity index (χ1) is 11.7. The maximum absolute atomic E-state index is 12.2. The van der Waals surface area contributed by atoms with Crippen molar-refractivity contribution in [3.8, 4) is 5.75 Å². The van der Waals surface area contributed by atoms with Gasteiger partial charge < -0.3 is 19.4 Å². The number of hydrogen-bond donors (Lipinski definition) is 1. The highest BCUT2D eigenvalue weighted by atomic mass is 32.1. The van der Waals surface area contributed by atoms with Crippen LogP contribution in [0.2, 0.25) is 0 Å². The number of ether oxygens (including phenoxy) is 1. The Morgan fingerprint density at radius 3 is 3.04 bits per heavy atom. The molecule has 1 fully saturated rings. The lowest BCUT2D eigenvalue weighted by Gasteiger charge is -2.37. The summed E-state index contributed by atoms with van der Waals surface area (Å²) in [6.07, 6.45) is 1.61. The van der Waals surface area contributed by atoms with E-state index in [0.29, 0.717) is 19.6 Å². The summed E-state index contributed by atoms with van der Waals surface area (Å²) < 4.78 is 11.7. The first kappa shape index (κ1) is 15.0. The highest BCUT2D eigenvalue weighted by Gasteiger charge is 2.34. The Bertz CT molecular complexity index is 853. The predicted octanol–water partition coefficient (Wildman–Crippen LogP) is 2.65. The highest BCUT2D eigenvalue weighted by molar-refractivity contribution is 7.22. The van der Waals surface area contributed by atoms with E-state index in [1.807, 2.05) is 30.3 Å². The third-order valence-electron chi connectivity index (χ3n) is 4.13. The zero-order valence-electron chi connectivity index (χ0n) is 13.2. The number of aromatic nitrogens is 1. The van der Waals surface area contributed by atoms with Crippen LogP contribution >= 0.6 is 11.3 Å². The molecule has 6 nitrogen and oxygen atoms in total. The van der Waals surface area contributed by atoms with Gasteiger partial charge in [-0.3, -0.25) is 4.79 Å². The molecule has 1 N–H and O–H groups in total. The molecular weight excluding hydrogens is 326 g/mol. The van der Waals surface area contributed by atoms with E-state index in [1.54, 1.807) is 24.7 Å². The van der Waals surface area contributed by atoms with Crippen molar-refractivity contribution < 1.29 is 13.9 Å². The van der Waals surface area contributed by atoms with Gasteiger partial charge in [-0.1, -0.05) is 17.4 Å². The van der Waals surface area contributed by atoms with Crippen molar-refractivity contribution in [3.05, 3.63) is 42.4 Å². The Hall–Kier alpha value is -2.54. The second kappa shape index (κ2) is 6.16. The normalized spacial score (nSPS) is 14.6. The molecule has 0 saturated carbocycles. The number of para-hydroxylation sites is 1. The molecule has 1 amide bonds. The number of methoxy groups -OCH3 is 1.